The number of benzene rings is 2. The van der Waals surface area contributed by atoms with Crippen LogP contribution < -0.4 is 14.8 Å². The Labute approximate surface area is 174 Å². The minimum atomic E-state index is -1.01. The van der Waals surface area contributed by atoms with Crippen molar-refractivity contribution in [3.8, 4) is 22.8 Å². The summed E-state index contributed by atoms with van der Waals surface area (Å²) in [6.07, 6.45) is -1.01. The number of anilines is 1. The summed E-state index contributed by atoms with van der Waals surface area (Å²) in [5.74, 6) is 0.0211. The molecule has 0 unspecified atom stereocenters. The largest absolute Gasteiger partial charge is 0.454 e. The normalized spacial score (nSPS) is 13.0. The summed E-state index contributed by atoms with van der Waals surface area (Å²) >= 11 is 3.37. The van der Waals surface area contributed by atoms with Crippen molar-refractivity contribution < 1.29 is 23.8 Å². The number of H-pyrrole nitrogens is 1. The van der Waals surface area contributed by atoms with E-state index >= 15 is 0 Å². The first-order valence-electron chi connectivity index (χ1n) is 8.72. The summed E-state index contributed by atoms with van der Waals surface area (Å²) in [4.78, 5) is 24.7. The van der Waals surface area contributed by atoms with Gasteiger partial charge in [0.15, 0.2) is 17.6 Å². The first kappa shape index (κ1) is 19.0. The molecule has 1 aliphatic heterocycles. The molecule has 2 aromatic carbocycles. The van der Waals surface area contributed by atoms with E-state index in [2.05, 4.69) is 31.4 Å². The van der Waals surface area contributed by atoms with E-state index in [1.165, 1.54) is 6.92 Å². The van der Waals surface area contributed by atoms with Gasteiger partial charge in [-0.3, -0.25) is 9.89 Å². The van der Waals surface area contributed by atoms with Crippen LogP contribution in [0.2, 0.25) is 0 Å². The zero-order valence-corrected chi connectivity index (χ0v) is 16.9. The molecule has 8 nitrogen and oxygen atoms in total. The topological polar surface area (TPSA) is 103 Å². The number of halogens is 1. The third kappa shape index (κ3) is 4.24. The summed E-state index contributed by atoms with van der Waals surface area (Å²) in [5, 5.41) is 9.45. The van der Waals surface area contributed by atoms with Crippen molar-refractivity contribution >= 4 is 33.5 Å². The van der Waals surface area contributed by atoms with Crippen LogP contribution in [0.25, 0.3) is 11.3 Å². The van der Waals surface area contributed by atoms with Crippen LogP contribution in [-0.4, -0.2) is 35.0 Å². The number of aromatic nitrogens is 2. The van der Waals surface area contributed by atoms with Crippen LogP contribution in [0.15, 0.2) is 53.0 Å². The molecular weight excluding hydrogens is 442 g/mol. The van der Waals surface area contributed by atoms with Gasteiger partial charge in [0.05, 0.1) is 5.69 Å². The second-order valence-corrected chi connectivity index (χ2v) is 7.19. The summed E-state index contributed by atoms with van der Waals surface area (Å²) in [6.45, 7) is 1.64. The van der Waals surface area contributed by atoms with E-state index in [4.69, 9.17) is 14.2 Å². The number of ether oxygens (including phenoxy) is 3. The fraction of sp³-hybridized carbons (Fsp3) is 0.150. The predicted octanol–water partition coefficient (Wildman–Crippen LogP) is 3.75. The molecule has 3 aromatic rings. The Bertz CT molecular complexity index is 1060. The van der Waals surface area contributed by atoms with E-state index < -0.39 is 18.0 Å². The number of hydrogen-bond acceptors (Lipinski definition) is 6. The number of esters is 1. The van der Waals surface area contributed by atoms with Crippen molar-refractivity contribution in [2.75, 3.05) is 12.1 Å². The first-order chi connectivity index (χ1) is 14.0. The number of nitrogens with one attached hydrogen (secondary N) is 2. The van der Waals surface area contributed by atoms with Crippen LogP contribution in [0.3, 0.4) is 0 Å². The number of hydrogen-bond donors (Lipinski definition) is 2. The van der Waals surface area contributed by atoms with Gasteiger partial charge < -0.3 is 19.5 Å². The van der Waals surface area contributed by atoms with Crippen LogP contribution in [0.4, 0.5) is 5.69 Å². The standard InChI is InChI=1S/C20H16BrN3O5/c1-11(19(25)22-14-6-7-17-18(8-14)28-10-27-17)29-20(26)16-9-15(23-24-16)12-2-4-13(21)5-3-12/h2-9,11H,10H2,1H3,(H,22,25)(H,23,24)/t11-/m1/s1. The molecule has 1 amide bonds. The highest BCUT2D eigenvalue weighted by Gasteiger charge is 2.22. The van der Waals surface area contributed by atoms with Crippen LogP contribution in [0.1, 0.15) is 17.4 Å². The fourth-order valence-electron chi connectivity index (χ4n) is 2.69. The van der Waals surface area contributed by atoms with Gasteiger partial charge >= 0.3 is 5.97 Å². The third-order valence-electron chi connectivity index (χ3n) is 4.23. The van der Waals surface area contributed by atoms with Gasteiger partial charge in [0, 0.05) is 21.8 Å². The van der Waals surface area contributed by atoms with Crippen molar-refractivity contribution in [2.24, 2.45) is 0 Å². The van der Waals surface area contributed by atoms with E-state index in [1.807, 2.05) is 24.3 Å². The lowest BCUT2D eigenvalue weighted by Gasteiger charge is -2.13. The maximum atomic E-state index is 12.3. The Morgan fingerprint density at radius 1 is 1.14 bits per heavy atom. The van der Waals surface area contributed by atoms with Crippen LogP contribution in [0.5, 0.6) is 11.5 Å². The average Bonchev–Trinajstić information content (AvgIpc) is 3.37. The quantitative estimate of drug-likeness (QED) is 0.565. The molecular formula is C20H16BrN3O5. The molecule has 9 heteroatoms. The Balaban J connectivity index is 1.37. The Kier molecular flexibility index (Phi) is 5.22. The molecule has 1 atom stereocenters. The molecule has 1 aromatic heterocycles. The molecule has 0 aliphatic carbocycles. The lowest BCUT2D eigenvalue weighted by molar-refractivity contribution is -0.123. The van der Waals surface area contributed by atoms with Crippen LogP contribution in [0, 0.1) is 0 Å². The van der Waals surface area contributed by atoms with Gasteiger partial charge in [-0.05, 0) is 37.3 Å². The number of carbonyl (C=O) groups excluding carboxylic acids is 2. The van der Waals surface area contributed by atoms with Crippen molar-refractivity contribution in [3.05, 3.63) is 58.7 Å². The van der Waals surface area contributed by atoms with Gasteiger partial charge in [-0.15, -0.1) is 0 Å². The minimum absolute atomic E-state index is 0.146. The van der Waals surface area contributed by atoms with Crippen molar-refractivity contribution in [2.45, 2.75) is 13.0 Å². The number of fused-ring (bicyclic) bond motifs is 1. The maximum absolute atomic E-state index is 12.3. The SMILES string of the molecule is C[C@@H](OC(=O)c1cc(-c2ccc(Br)cc2)n[nH]1)C(=O)Nc1ccc2c(c1)OCO2. The summed E-state index contributed by atoms with van der Waals surface area (Å²) in [5.41, 5.74) is 2.12. The fourth-order valence-corrected chi connectivity index (χ4v) is 2.95. The average molecular weight is 458 g/mol. The van der Waals surface area contributed by atoms with Gasteiger partial charge in [0.2, 0.25) is 6.79 Å². The predicted molar refractivity (Wildman–Crippen MR) is 108 cm³/mol. The Morgan fingerprint density at radius 2 is 1.90 bits per heavy atom. The number of nitrogens with zero attached hydrogens (tertiary/aromatic N) is 1. The van der Waals surface area contributed by atoms with Crippen molar-refractivity contribution in [1.82, 2.24) is 10.2 Å². The number of aromatic amines is 1. The minimum Gasteiger partial charge on any atom is -0.454 e. The first-order valence-corrected chi connectivity index (χ1v) is 9.52. The third-order valence-corrected chi connectivity index (χ3v) is 4.76. The van der Waals surface area contributed by atoms with Gasteiger partial charge in [0.25, 0.3) is 5.91 Å². The maximum Gasteiger partial charge on any atom is 0.357 e. The molecule has 4 rings (SSSR count). The molecule has 0 fully saturated rings. The molecule has 0 saturated heterocycles. The highest BCUT2D eigenvalue weighted by atomic mass is 79.9. The van der Waals surface area contributed by atoms with E-state index in [1.54, 1.807) is 24.3 Å². The molecule has 0 bridgehead atoms. The second kappa shape index (κ2) is 7.96. The van der Waals surface area contributed by atoms with Gasteiger partial charge in [0.1, 0.15) is 5.69 Å². The second-order valence-electron chi connectivity index (χ2n) is 6.28. The van der Waals surface area contributed by atoms with Crippen molar-refractivity contribution in [3.63, 3.8) is 0 Å². The smallest absolute Gasteiger partial charge is 0.357 e. The van der Waals surface area contributed by atoms with E-state index in [0.717, 1.165) is 10.0 Å². The molecule has 0 radical (unpaired) electrons. The Morgan fingerprint density at radius 3 is 2.69 bits per heavy atom. The monoisotopic (exact) mass is 457 g/mol. The van der Waals surface area contributed by atoms with E-state index in [0.29, 0.717) is 22.9 Å². The number of carbonyl (C=O) groups is 2. The summed E-state index contributed by atoms with van der Waals surface area (Å²) in [6, 6.07) is 14.1. The van der Waals surface area contributed by atoms with Crippen LogP contribution >= 0.6 is 15.9 Å². The van der Waals surface area contributed by atoms with Crippen LogP contribution in [-0.2, 0) is 9.53 Å². The molecule has 2 N–H and O–H groups in total. The van der Waals surface area contributed by atoms with Gasteiger partial charge in [-0.25, -0.2) is 4.79 Å². The number of rotatable bonds is 5. The molecule has 0 spiro atoms. The van der Waals surface area contributed by atoms with Crippen molar-refractivity contribution in [1.29, 1.82) is 0 Å². The van der Waals surface area contributed by atoms with E-state index in [-0.39, 0.29) is 12.5 Å². The highest BCUT2D eigenvalue weighted by Crippen LogP contribution is 2.34. The summed E-state index contributed by atoms with van der Waals surface area (Å²) < 4.78 is 16.7. The Hall–Kier alpha value is -3.33. The lowest BCUT2D eigenvalue weighted by Crippen LogP contribution is -2.30. The van der Waals surface area contributed by atoms with E-state index in [9.17, 15) is 9.59 Å². The van der Waals surface area contributed by atoms with Gasteiger partial charge in [-0.1, -0.05) is 28.1 Å². The molecule has 0 saturated carbocycles. The number of amides is 1. The molecule has 29 heavy (non-hydrogen) atoms. The molecule has 1 aliphatic rings. The zero-order valence-electron chi connectivity index (χ0n) is 15.3. The molecule has 148 valence electrons. The summed E-state index contributed by atoms with van der Waals surface area (Å²) in [7, 11) is 0. The molecule has 2 heterocycles. The van der Waals surface area contributed by atoms with Gasteiger partial charge in [-0.2, -0.15) is 5.10 Å². The lowest BCUT2D eigenvalue weighted by atomic mass is 10.1. The highest BCUT2D eigenvalue weighted by molar-refractivity contribution is 9.10. The zero-order chi connectivity index (χ0) is 20.4.